The van der Waals surface area contributed by atoms with Crippen LogP contribution in [0.2, 0.25) is 0 Å². The molecule has 0 spiro atoms. The molecule has 2 aliphatic carbocycles. The van der Waals surface area contributed by atoms with E-state index in [1.165, 1.54) is 57.0 Å². The fourth-order valence-corrected chi connectivity index (χ4v) is 7.83. The van der Waals surface area contributed by atoms with E-state index < -0.39 is 0 Å². The maximum atomic E-state index is 5.36. The van der Waals surface area contributed by atoms with Gasteiger partial charge in [-0.15, -0.1) is 0 Å². The first-order valence-electron chi connectivity index (χ1n) is 16.4. The van der Waals surface area contributed by atoms with Gasteiger partial charge < -0.3 is 4.57 Å². The summed E-state index contributed by atoms with van der Waals surface area (Å²) in [6.45, 7) is 2.32. The summed E-state index contributed by atoms with van der Waals surface area (Å²) in [4.78, 5) is 15.8. The van der Waals surface area contributed by atoms with E-state index in [4.69, 9.17) is 15.0 Å². The second kappa shape index (κ2) is 10.6. The quantitative estimate of drug-likeness (QED) is 0.193. The van der Waals surface area contributed by atoms with Gasteiger partial charge in [0.05, 0.1) is 16.6 Å². The van der Waals surface area contributed by atoms with E-state index in [9.17, 15) is 0 Å². The van der Waals surface area contributed by atoms with Crippen molar-refractivity contribution in [2.75, 3.05) is 0 Å². The van der Waals surface area contributed by atoms with E-state index in [0.29, 0.717) is 11.9 Å². The van der Waals surface area contributed by atoms with Gasteiger partial charge in [-0.25, -0.2) is 4.98 Å². The van der Waals surface area contributed by atoms with Gasteiger partial charge in [0.1, 0.15) is 5.82 Å². The molecule has 0 saturated heterocycles. The molecule has 45 heavy (non-hydrogen) atoms. The van der Waals surface area contributed by atoms with Crippen LogP contribution in [-0.4, -0.2) is 24.1 Å². The molecule has 220 valence electrons. The SMILES string of the molecule is CC1CC=CCC1c1nc(-c2ccccc2)nc(-n2c3ccccc3c3ccc4c(c5c(n4-c4ccccc4)CCCC5)c32)n1. The van der Waals surface area contributed by atoms with Crippen molar-refractivity contribution in [3.05, 3.63) is 126 Å². The molecule has 2 unspecified atom stereocenters. The Hall–Kier alpha value is -5.03. The van der Waals surface area contributed by atoms with Crippen LogP contribution in [0.3, 0.4) is 0 Å². The van der Waals surface area contributed by atoms with E-state index >= 15 is 0 Å². The molecule has 4 aromatic carbocycles. The zero-order valence-electron chi connectivity index (χ0n) is 25.5. The average molecular weight is 586 g/mol. The lowest BCUT2D eigenvalue weighted by atomic mass is 9.84. The first-order chi connectivity index (χ1) is 22.3. The van der Waals surface area contributed by atoms with Gasteiger partial charge in [0, 0.05) is 39.0 Å². The maximum absolute atomic E-state index is 5.36. The smallest absolute Gasteiger partial charge is 0.238 e. The average Bonchev–Trinajstić information content (AvgIpc) is 3.62. The minimum absolute atomic E-state index is 0.249. The van der Waals surface area contributed by atoms with E-state index in [2.05, 4.69) is 119 Å². The molecule has 0 radical (unpaired) electrons. The molecule has 0 saturated carbocycles. The third kappa shape index (κ3) is 4.17. The van der Waals surface area contributed by atoms with Crippen LogP contribution in [-0.2, 0) is 12.8 Å². The van der Waals surface area contributed by atoms with Crippen LogP contribution in [0.4, 0.5) is 0 Å². The standard InChI is InChI=1S/C40H35N5/c1-26-14-8-9-19-29(26)39-41-38(27-15-4-2-5-16-27)42-40(43-39)45-33-22-12-10-20-30(33)31-24-25-35-36(37(31)45)32-21-11-13-23-34(32)44(35)28-17-6-3-7-18-28/h2-10,12,15-18,20,22,24-26,29H,11,13-14,19,21,23H2,1H3. The van der Waals surface area contributed by atoms with Crippen LogP contribution < -0.4 is 0 Å². The molecular formula is C40H35N5. The van der Waals surface area contributed by atoms with Crippen molar-refractivity contribution >= 4 is 32.7 Å². The minimum atomic E-state index is 0.249. The Kier molecular flexibility index (Phi) is 6.19. The Morgan fingerprint density at radius 2 is 1.40 bits per heavy atom. The number of hydrogen-bond donors (Lipinski definition) is 0. The summed E-state index contributed by atoms with van der Waals surface area (Å²) in [6, 6.07) is 34.6. The van der Waals surface area contributed by atoms with Crippen LogP contribution in [0.25, 0.3) is 55.7 Å². The van der Waals surface area contributed by atoms with E-state index in [1.807, 2.05) is 6.07 Å². The first kappa shape index (κ1) is 26.4. The number of allylic oxidation sites excluding steroid dienone is 2. The number of hydrogen-bond acceptors (Lipinski definition) is 3. The largest absolute Gasteiger partial charge is 0.313 e. The second-order valence-corrected chi connectivity index (χ2v) is 12.7. The Bertz CT molecular complexity index is 2240. The highest BCUT2D eigenvalue weighted by Crippen LogP contribution is 2.43. The summed E-state index contributed by atoms with van der Waals surface area (Å²) in [5.41, 5.74) is 8.74. The lowest BCUT2D eigenvalue weighted by Gasteiger charge is -2.24. The molecule has 0 fully saturated rings. The van der Waals surface area contributed by atoms with Crippen molar-refractivity contribution in [1.82, 2.24) is 24.1 Å². The number of fused-ring (bicyclic) bond motifs is 7. The number of rotatable bonds is 4. The summed E-state index contributed by atoms with van der Waals surface area (Å²) in [7, 11) is 0. The highest BCUT2D eigenvalue weighted by molar-refractivity contribution is 6.19. The molecule has 2 atom stereocenters. The summed E-state index contributed by atoms with van der Waals surface area (Å²) in [5, 5.41) is 3.80. The van der Waals surface area contributed by atoms with Crippen molar-refractivity contribution in [3.63, 3.8) is 0 Å². The van der Waals surface area contributed by atoms with Crippen molar-refractivity contribution in [3.8, 4) is 23.0 Å². The monoisotopic (exact) mass is 585 g/mol. The lowest BCUT2D eigenvalue weighted by molar-refractivity contribution is 0.430. The van der Waals surface area contributed by atoms with Crippen molar-refractivity contribution in [2.24, 2.45) is 5.92 Å². The fourth-order valence-electron chi connectivity index (χ4n) is 7.83. The molecule has 5 heteroatoms. The molecule has 7 aromatic rings. The van der Waals surface area contributed by atoms with Gasteiger partial charge >= 0.3 is 0 Å². The van der Waals surface area contributed by atoms with Gasteiger partial charge in [-0.1, -0.05) is 91.9 Å². The minimum Gasteiger partial charge on any atom is -0.313 e. The van der Waals surface area contributed by atoms with Crippen LogP contribution in [0.15, 0.2) is 109 Å². The molecular weight excluding hydrogens is 550 g/mol. The van der Waals surface area contributed by atoms with Crippen molar-refractivity contribution < 1.29 is 0 Å². The second-order valence-electron chi connectivity index (χ2n) is 12.7. The Morgan fingerprint density at radius 3 is 2.24 bits per heavy atom. The molecule has 0 N–H and O–H groups in total. The predicted octanol–water partition coefficient (Wildman–Crippen LogP) is 9.53. The predicted molar refractivity (Wildman–Crippen MR) is 183 cm³/mol. The van der Waals surface area contributed by atoms with Gasteiger partial charge in [-0.05, 0) is 74.3 Å². The number of aromatic nitrogens is 5. The number of nitrogens with zero attached hydrogens (tertiary/aromatic N) is 5. The Morgan fingerprint density at radius 1 is 0.644 bits per heavy atom. The van der Waals surface area contributed by atoms with Gasteiger partial charge in [0.15, 0.2) is 5.82 Å². The third-order valence-electron chi connectivity index (χ3n) is 10.0. The van der Waals surface area contributed by atoms with Crippen LogP contribution >= 0.6 is 0 Å². The zero-order chi connectivity index (χ0) is 29.9. The van der Waals surface area contributed by atoms with Gasteiger partial charge in [0.25, 0.3) is 0 Å². The molecule has 3 aromatic heterocycles. The van der Waals surface area contributed by atoms with Crippen LogP contribution in [0.1, 0.15) is 55.6 Å². The summed E-state index contributed by atoms with van der Waals surface area (Å²) in [5.74, 6) is 3.04. The highest BCUT2D eigenvalue weighted by atomic mass is 15.2. The topological polar surface area (TPSA) is 48.5 Å². The molecule has 5 nitrogen and oxygen atoms in total. The Balaban J connectivity index is 1.41. The molecule has 3 heterocycles. The third-order valence-corrected chi connectivity index (χ3v) is 10.0. The molecule has 0 bridgehead atoms. The first-order valence-corrected chi connectivity index (χ1v) is 16.4. The normalized spacial score (nSPS) is 18.2. The summed E-state index contributed by atoms with van der Waals surface area (Å²) < 4.78 is 4.85. The molecule has 0 aliphatic heterocycles. The van der Waals surface area contributed by atoms with E-state index in [-0.39, 0.29) is 5.92 Å². The molecule has 2 aliphatic rings. The van der Waals surface area contributed by atoms with Gasteiger partial charge in [-0.3, -0.25) is 4.57 Å². The Labute approximate surface area is 262 Å². The number of benzene rings is 4. The van der Waals surface area contributed by atoms with E-state index in [1.54, 1.807) is 0 Å². The van der Waals surface area contributed by atoms with Crippen LogP contribution in [0.5, 0.6) is 0 Å². The molecule has 0 amide bonds. The fraction of sp³-hybridized carbons (Fsp3) is 0.225. The maximum Gasteiger partial charge on any atom is 0.238 e. The molecule has 9 rings (SSSR count). The van der Waals surface area contributed by atoms with Crippen molar-refractivity contribution in [2.45, 2.75) is 51.4 Å². The number of para-hydroxylation sites is 2. The van der Waals surface area contributed by atoms with E-state index in [0.717, 1.165) is 48.4 Å². The lowest BCUT2D eigenvalue weighted by Crippen LogP contribution is -2.18. The summed E-state index contributed by atoms with van der Waals surface area (Å²) in [6.07, 6.45) is 11.2. The highest BCUT2D eigenvalue weighted by Gasteiger charge is 2.28. The summed E-state index contributed by atoms with van der Waals surface area (Å²) >= 11 is 0. The van der Waals surface area contributed by atoms with Crippen molar-refractivity contribution in [1.29, 1.82) is 0 Å². The zero-order valence-corrected chi connectivity index (χ0v) is 25.5. The van der Waals surface area contributed by atoms with Crippen LogP contribution in [0, 0.1) is 5.92 Å². The van der Waals surface area contributed by atoms with Gasteiger partial charge in [0.2, 0.25) is 5.95 Å². The number of aryl methyl sites for hydroxylation is 1. The van der Waals surface area contributed by atoms with Gasteiger partial charge in [-0.2, -0.15) is 9.97 Å².